The number of cyclic esters (lactones) is 1. The normalized spacial score (nSPS) is 16.6. The molecule has 1 atom stereocenters. The monoisotopic (exact) mass is 481 g/mol. The zero-order chi connectivity index (χ0) is 24.9. The third-order valence-corrected chi connectivity index (χ3v) is 6.17. The highest BCUT2D eigenvalue weighted by atomic mass is 16.7. The van der Waals surface area contributed by atoms with E-state index in [1.54, 1.807) is 18.2 Å². The lowest BCUT2D eigenvalue weighted by atomic mass is 9.98. The number of aliphatic hydroxyl groups is 2. The van der Waals surface area contributed by atoms with Crippen LogP contribution in [0, 0.1) is 0 Å². The van der Waals surface area contributed by atoms with E-state index in [4.69, 9.17) is 24.3 Å². The van der Waals surface area contributed by atoms with Crippen LogP contribution >= 0.6 is 0 Å². The molecule has 11 nitrogen and oxygen atoms in total. The lowest BCUT2D eigenvalue weighted by Gasteiger charge is -2.21. The summed E-state index contributed by atoms with van der Waals surface area (Å²) in [5.41, 5.74) is 2.99. The lowest BCUT2D eigenvalue weighted by molar-refractivity contribution is -0.157. The van der Waals surface area contributed by atoms with Crippen molar-refractivity contribution in [1.29, 1.82) is 0 Å². The molecule has 5 heterocycles. The van der Waals surface area contributed by atoms with Crippen LogP contribution in [0.25, 0.3) is 22.3 Å². The number of pyridine rings is 2. The number of carbonyl (C=O) groups is 2. The van der Waals surface area contributed by atoms with E-state index in [9.17, 15) is 19.5 Å². The van der Waals surface area contributed by atoms with Gasteiger partial charge in [0.05, 0.1) is 29.0 Å². The molecule has 11 heteroatoms. The Morgan fingerprint density at radius 2 is 1.89 bits per heavy atom. The number of nitrogens with one attached hydrogen (secondary N) is 1. The summed E-state index contributed by atoms with van der Waals surface area (Å²) in [7, 11) is 0. The van der Waals surface area contributed by atoms with Crippen LogP contribution in [-0.4, -0.2) is 45.0 Å². The molecule has 3 aromatic rings. The van der Waals surface area contributed by atoms with Gasteiger partial charge in [-0.3, -0.25) is 9.59 Å². The van der Waals surface area contributed by atoms with Crippen LogP contribution in [0.5, 0.6) is 11.5 Å². The van der Waals surface area contributed by atoms with Crippen LogP contribution < -0.4 is 20.3 Å². The second kappa shape index (κ2) is 8.67. The van der Waals surface area contributed by atoms with Gasteiger partial charge in [0.25, 0.3) is 5.56 Å². The molecule has 1 amide bonds. The molecule has 0 saturated heterocycles. The molecule has 0 bridgehead atoms. The molecule has 0 fully saturated rings. The summed E-state index contributed by atoms with van der Waals surface area (Å²) in [5, 5.41) is 22.8. The highest BCUT2D eigenvalue weighted by Crippen LogP contribution is 2.42. The molecule has 182 valence electrons. The largest absolute Gasteiger partial charge is 0.458 e. The molecule has 0 aliphatic carbocycles. The smallest absolute Gasteiger partial charge is 0.340 e. The van der Waals surface area contributed by atoms with Crippen LogP contribution in [0.3, 0.4) is 0 Å². The van der Waals surface area contributed by atoms with Crippen molar-refractivity contribution in [2.24, 2.45) is 0 Å². The zero-order valence-electron chi connectivity index (χ0n) is 19.1. The summed E-state index contributed by atoms with van der Waals surface area (Å²) in [6, 6.07) is 5.09. The SMILES string of the molecule is CC.O=C(CO)NCc1c2c(nc3cc4c(cc13)OCO4)-c1cc3c(c(=O)n1C2)COC(=O)C3O. The summed E-state index contributed by atoms with van der Waals surface area (Å²) in [5.74, 6) is -0.284. The fraction of sp³-hybridized carbons (Fsp3) is 0.333. The summed E-state index contributed by atoms with van der Waals surface area (Å²) in [4.78, 5) is 41.6. The number of hydrogen-bond acceptors (Lipinski definition) is 9. The topological polar surface area (TPSA) is 149 Å². The maximum Gasteiger partial charge on any atom is 0.340 e. The van der Waals surface area contributed by atoms with Crippen molar-refractivity contribution in [3.63, 3.8) is 0 Å². The number of aliphatic hydroxyl groups excluding tert-OH is 2. The maximum absolute atomic E-state index is 13.2. The Balaban J connectivity index is 0.00000124. The lowest BCUT2D eigenvalue weighted by Crippen LogP contribution is -2.32. The van der Waals surface area contributed by atoms with E-state index in [0.717, 1.165) is 0 Å². The summed E-state index contributed by atoms with van der Waals surface area (Å²) < 4.78 is 17.4. The third kappa shape index (κ3) is 3.51. The van der Waals surface area contributed by atoms with Gasteiger partial charge in [-0.2, -0.15) is 0 Å². The van der Waals surface area contributed by atoms with Crippen molar-refractivity contribution in [3.05, 3.63) is 50.8 Å². The Bertz CT molecular complexity index is 1450. The van der Waals surface area contributed by atoms with E-state index in [0.29, 0.717) is 44.9 Å². The second-order valence-corrected chi connectivity index (χ2v) is 7.94. The molecule has 3 N–H and O–H groups in total. The van der Waals surface area contributed by atoms with E-state index in [1.165, 1.54) is 4.57 Å². The molecule has 3 aliphatic heterocycles. The molecule has 6 rings (SSSR count). The summed E-state index contributed by atoms with van der Waals surface area (Å²) >= 11 is 0. The number of hydrogen-bond donors (Lipinski definition) is 3. The molecule has 35 heavy (non-hydrogen) atoms. The van der Waals surface area contributed by atoms with E-state index >= 15 is 0 Å². The molecular weight excluding hydrogens is 458 g/mol. The van der Waals surface area contributed by atoms with E-state index < -0.39 is 24.6 Å². The fourth-order valence-corrected chi connectivity index (χ4v) is 4.54. The van der Waals surface area contributed by atoms with Crippen molar-refractivity contribution in [3.8, 4) is 22.9 Å². The van der Waals surface area contributed by atoms with E-state index in [1.807, 2.05) is 13.8 Å². The fourth-order valence-electron chi connectivity index (χ4n) is 4.54. The number of ether oxygens (including phenoxy) is 3. The van der Waals surface area contributed by atoms with Gasteiger partial charge in [-0.15, -0.1) is 0 Å². The number of carbonyl (C=O) groups excluding carboxylic acids is 2. The average Bonchev–Trinajstić information content (AvgIpc) is 3.48. The number of esters is 1. The number of nitrogens with zero attached hydrogens (tertiary/aromatic N) is 2. The van der Waals surface area contributed by atoms with Gasteiger partial charge in [-0.05, 0) is 17.7 Å². The van der Waals surface area contributed by atoms with Crippen LogP contribution in [0.15, 0.2) is 23.0 Å². The standard InChI is InChI=1S/C22H17N3O8.C2H6/c26-6-18(27)23-4-11-9-2-16-17(33-8-32-16)3-14(9)24-19-12(11)5-25-15(19)1-10-13(21(25)29)7-31-22(30)20(10)28;1-2/h1-3,20,26,28H,4-8H2,(H,23,27);1-2H3. The molecule has 3 aliphatic rings. The van der Waals surface area contributed by atoms with Gasteiger partial charge < -0.3 is 34.3 Å². The van der Waals surface area contributed by atoms with Crippen LogP contribution in [0.2, 0.25) is 0 Å². The quantitative estimate of drug-likeness (QED) is 0.363. The van der Waals surface area contributed by atoms with Crippen molar-refractivity contribution in [2.75, 3.05) is 13.4 Å². The highest BCUT2D eigenvalue weighted by Gasteiger charge is 2.35. The first-order valence-electron chi connectivity index (χ1n) is 11.2. The molecular formula is C24H23N3O8. The Kier molecular flexibility index (Phi) is 5.65. The summed E-state index contributed by atoms with van der Waals surface area (Å²) in [6.45, 7) is 3.49. The molecule has 1 unspecified atom stereocenters. The molecule has 0 saturated carbocycles. The van der Waals surface area contributed by atoms with Gasteiger partial charge >= 0.3 is 5.97 Å². The molecule has 2 aromatic heterocycles. The minimum absolute atomic E-state index is 0.0836. The van der Waals surface area contributed by atoms with Crippen molar-refractivity contribution in [2.45, 2.75) is 39.6 Å². The van der Waals surface area contributed by atoms with Crippen LogP contribution in [0.1, 0.15) is 42.2 Å². The molecule has 1 aromatic carbocycles. The van der Waals surface area contributed by atoms with Gasteiger partial charge in [0, 0.05) is 29.1 Å². The minimum atomic E-state index is -1.55. The zero-order valence-corrected chi connectivity index (χ0v) is 19.1. The first kappa shape index (κ1) is 22.8. The van der Waals surface area contributed by atoms with Crippen molar-refractivity contribution in [1.82, 2.24) is 14.9 Å². The number of benzene rings is 1. The van der Waals surface area contributed by atoms with Crippen LogP contribution in [-0.2, 0) is 34.0 Å². The Morgan fingerprint density at radius 3 is 2.63 bits per heavy atom. The van der Waals surface area contributed by atoms with Gasteiger partial charge in [0.2, 0.25) is 12.7 Å². The van der Waals surface area contributed by atoms with Crippen molar-refractivity contribution >= 4 is 22.8 Å². The Hall–Kier alpha value is -3.96. The Morgan fingerprint density at radius 1 is 1.14 bits per heavy atom. The Labute approximate surface area is 198 Å². The minimum Gasteiger partial charge on any atom is -0.458 e. The number of amides is 1. The van der Waals surface area contributed by atoms with E-state index in [-0.39, 0.29) is 43.2 Å². The maximum atomic E-state index is 13.2. The number of rotatable bonds is 3. The van der Waals surface area contributed by atoms with Gasteiger partial charge in [0.1, 0.15) is 13.2 Å². The number of fused-ring (bicyclic) bond motifs is 6. The molecule has 0 radical (unpaired) electrons. The third-order valence-electron chi connectivity index (χ3n) is 6.17. The number of aromatic nitrogens is 2. The molecule has 0 spiro atoms. The van der Waals surface area contributed by atoms with Crippen molar-refractivity contribution < 1.29 is 34.0 Å². The highest BCUT2D eigenvalue weighted by molar-refractivity contribution is 5.91. The van der Waals surface area contributed by atoms with Crippen LogP contribution in [0.4, 0.5) is 0 Å². The first-order chi connectivity index (χ1) is 17.0. The second-order valence-electron chi connectivity index (χ2n) is 7.94. The van der Waals surface area contributed by atoms with E-state index in [2.05, 4.69) is 5.32 Å². The predicted molar refractivity (Wildman–Crippen MR) is 122 cm³/mol. The predicted octanol–water partition coefficient (Wildman–Crippen LogP) is 0.879. The average molecular weight is 481 g/mol. The van der Waals surface area contributed by atoms with Gasteiger partial charge in [-0.25, -0.2) is 9.78 Å². The van der Waals surface area contributed by atoms with Gasteiger partial charge in [0.15, 0.2) is 17.6 Å². The summed E-state index contributed by atoms with van der Waals surface area (Å²) in [6.07, 6.45) is -1.55. The first-order valence-corrected chi connectivity index (χ1v) is 11.2. The van der Waals surface area contributed by atoms with Gasteiger partial charge in [-0.1, -0.05) is 13.8 Å².